The molecule has 0 aliphatic heterocycles. The lowest BCUT2D eigenvalue weighted by atomic mass is 10.3. The second-order valence-electron chi connectivity index (χ2n) is 2.94. The van der Waals surface area contributed by atoms with Crippen LogP contribution in [0.5, 0.6) is 0 Å². The molecule has 0 radical (unpaired) electrons. The number of hydrogen-bond donors (Lipinski definition) is 2. The fraction of sp³-hybridized carbons (Fsp3) is 0.333. The van der Waals surface area contributed by atoms with Crippen molar-refractivity contribution in [2.75, 3.05) is 23.8 Å². The van der Waals surface area contributed by atoms with Crippen LogP contribution < -0.4 is 10.6 Å². The quantitative estimate of drug-likeness (QED) is 0.868. The number of carbonyl (C=O) groups is 2. The molecule has 0 spiro atoms. The van der Waals surface area contributed by atoms with Gasteiger partial charge in [0.05, 0.1) is 18.7 Å². The second-order valence-corrected chi connectivity index (χ2v) is 2.94. The standard InChI is InChI=1S/C12H16N2O4/c1-3-17-11(15)13-9-5-7-10(8-6-9)14-12(16)18-4-2/h5-8H,3-4H2,1-2H3,(H,13,15)(H,14,16)/i5D,6D,7D,8D. The van der Waals surface area contributed by atoms with Crippen LogP contribution in [0.25, 0.3) is 0 Å². The molecular formula is C12H16N2O4. The molecule has 0 saturated heterocycles. The van der Waals surface area contributed by atoms with Gasteiger partial charge in [0.25, 0.3) is 0 Å². The third kappa shape index (κ3) is 4.73. The highest BCUT2D eigenvalue weighted by molar-refractivity contribution is 5.87. The van der Waals surface area contributed by atoms with Gasteiger partial charge in [0, 0.05) is 11.4 Å². The lowest BCUT2D eigenvalue weighted by Gasteiger charge is -2.07. The Bertz CT molecular complexity index is 515. The average Bonchev–Trinajstić information content (AvgIpc) is 2.47. The van der Waals surface area contributed by atoms with E-state index in [0.717, 1.165) is 0 Å². The minimum atomic E-state index is -0.894. The van der Waals surface area contributed by atoms with Gasteiger partial charge in [0.15, 0.2) is 0 Å². The molecule has 0 bridgehead atoms. The van der Waals surface area contributed by atoms with E-state index < -0.39 is 36.4 Å². The molecule has 0 unspecified atom stereocenters. The molecule has 0 aromatic heterocycles. The number of carbonyl (C=O) groups excluding carboxylic acids is 2. The number of amides is 2. The molecular weight excluding hydrogens is 236 g/mol. The molecule has 0 heterocycles. The van der Waals surface area contributed by atoms with Gasteiger partial charge in [0.1, 0.15) is 0 Å². The van der Waals surface area contributed by atoms with Crippen molar-refractivity contribution in [3.63, 3.8) is 0 Å². The van der Waals surface area contributed by atoms with E-state index in [1.807, 2.05) is 0 Å². The van der Waals surface area contributed by atoms with E-state index >= 15 is 0 Å². The van der Waals surface area contributed by atoms with Crippen molar-refractivity contribution >= 4 is 23.6 Å². The molecule has 6 nitrogen and oxygen atoms in total. The molecule has 6 heteroatoms. The summed E-state index contributed by atoms with van der Waals surface area (Å²) in [5, 5.41) is 4.29. The smallest absolute Gasteiger partial charge is 0.411 e. The number of nitrogens with one attached hydrogen (secondary N) is 2. The fourth-order valence-corrected chi connectivity index (χ4v) is 0.976. The Kier molecular flexibility index (Phi) is 3.50. The van der Waals surface area contributed by atoms with E-state index in [9.17, 15) is 9.59 Å². The summed E-state index contributed by atoms with van der Waals surface area (Å²) in [5.41, 5.74) is -0.661. The average molecular weight is 256 g/mol. The lowest BCUT2D eigenvalue weighted by Crippen LogP contribution is -2.14. The van der Waals surface area contributed by atoms with Crippen LogP contribution in [0.3, 0.4) is 0 Å². The maximum atomic E-state index is 11.4. The maximum absolute atomic E-state index is 11.4. The van der Waals surface area contributed by atoms with Crippen LogP contribution >= 0.6 is 0 Å². The summed E-state index contributed by atoms with van der Waals surface area (Å²) in [4.78, 5) is 22.8. The zero-order valence-electron chi connectivity index (χ0n) is 14.0. The number of benzene rings is 1. The molecule has 1 aromatic carbocycles. The van der Waals surface area contributed by atoms with Crippen molar-refractivity contribution in [3.05, 3.63) is 24.2 Å². The van der Waals surface area contributed by atoms with E-state index in [2.05, 4.69) is 20.1 Å². The van der Waals surface area contributed by atoms with E-state index in [0.29, 0.717) is 0 Å². The van der Waals surface area contributed by atoms with Gasteiger partial charge in [0.2, 0.25) is 0 Å². The predicted octanol–water partition coefficient (Wildman–Crippen LogP) is 2.82. The van der Waals surface area contributed by atoms with Crippen LogP contribution in [0.15, 0.2) is 24.2 Å². The van der Waals surface area contributed by atoms with Crippen molar-refractivity contribution in [3.8, 4) is 0 Å². The van der Waals surface area contributed by atoms with Crippen LogP contribution in [-0.2, 0) is 9.47 Å². The van der Waals surface area contributed by atoms with Gasteiger partial charge in [-0.15, -0.1) is 0 Å². The van der Waals surface area contributed by atoms with Crippen molar-refractivity contribution in [1.29, 1.82) is 0 Å². The topological polar surface area (TPSA) is 76.7 Å². The van der Waals surface area contributed by atoms with Crippen LogP contribution in [0.4, 0.5) is 21.0 Å². The molecule has 1 rings (SSSR count). The Morgan fingerprint density at radius 3 is 1.61 bits per heavy atom. The number of hydrogen-bond acceptors (Lipinski definition) is 4. The monoisotopic (exact) mass is 256 g/mol. The molecule has 0 aliphatic carbocycles. The summed E-state index contributed by atoms with van der Waals surface area (Å²) in [6.45, 7) is 3.36. The zero-order chi connectivity index (χ0) is 16.9. The highest BCUT2D eigenvalue weighted by Gasteiger charge is 2.03. The molecule has 0 atom stereocenters. The molecule has 0 saturated carbocycles. The molecule has 18 heavy (non-hydrogen) atoms. The first-order chi connectivity index (χ1) is 10.3. The Labute approximate surface area is 111 Å². The normalized spacial score (nSPS) is 12.6. The fourth-order valence-electron chi connectivity index (χ4n) is 0.976. The van der Waals surface area contributed by atoms with Crippen molar-refractivity contribution < 1.29 is 24.5 Å². The summed E-state index contributed by atoms with van der Waals surface area (Å²) in [6.07, 6.45) is -1.79. The largest absolute Gasteiger partial charge is 0.450 e. The predicted molar refractivity (Wildman–Crippen MR) is 67.7 cm³/mol. The Balaban J connectivity index is 3.20. The third-order valence-electron chi connectivity index (χ3n) is 1.63. The van der Waals surface area contributed by atoms with Crippen LogP contribution in [-0.4, -0.2) is 25.4 Å². The minimum Gasteiger partial charge on any atom is -0.450 e. The van der Waals surface area contributed by atoms with Gasteiger partial charge in [-0.05, 0) is 38.0 Å². The number of anilines is 2. The Morgan fingerprint density at radius 2 is 1.33 bits per heavy atom. The van der Waals surface area contributed by atoms with Crippen LogP contribution in [0, 0.1) is 0 Å². The third-order valence-corrected chi connectivity index (χ3v) is 1.63. The van der Waals surface area contributed by atoms with E-state index in [1.54, 1.807) is 13.8 Å². The van der Waals surface area contributed by atoms with Gasteiger partial charge < -0.3 is 9.47 Å². The van der Waals surface area contributed by atoms with Gasteiger partial charge >= 0.3 is 12.2 Å². The Hall–Kier alpha value is -2.24. The molecule has 1 aromatic rings. The Morgan fingerprint density at radius 1 is 1.00 bits per heavy atom. The first-order valence-corrected chi connectivity index (χ1v) is 5.31. The lowest BCUT2D eigenvalue weighted by molar-refractivity contribution is 0.167. The van der Waals surface area contributed by atoms with E-state index in [4.69, 9.17) is 5.48 Å². The van der Waals surface area contributed by atoms with Gasteiger partial charge in [-0.25, -0.2) is 9.59 Å². The minimum absolute atomic E-state index is 0.0937. The van der Waals surface area contributed by atoms with Crippen LogP contribution in [0.2, 0.25) is 0 Å². The van der Waals surface area contributed by atoms with E-state index in [1.165, 1.54) is 0 Å². The molecule has 2 amide bonds. The summed E-state index contributed by atoms with van der Waals surface area (Å²) >= 11 is 0. The summed E-state index contributed by atoms with van der Waals surface area (Å²) < 4.78 is 40.4. The molecule has 2 N–H and O–H groups in total. The van der Waals surface area contributed by atoms with Crippen LogP contribution in [0.1, 0.15) is 19.3 Å². The first kappa shape index (κ1) is 8.79. The first-order valence-electron chi connectivity index (χ1n) is 7.31. The number of ether oxygens (including phenoxy) is 2. The summed E-state index contributed by atoms with van der Waals surface area (Å²) in [5.74, 6) is 0. The van der Waals surface area contributed by atoms with Crippen molar-refractivity contribution in [1.82, 2.24) is 0 Å². The zero-order valence-corrected chi connectivity index (χ0v) is 10.0. The highest BCUT2D eigenvalue weighted by Crippen LogP contribution is 2.13. The highest BCUT2D eigenvalue weighted by atomic mass is 16.6. The summed E-state index contributed by atoms with van der Waals surface area (Å²) in [6, 6.07) is -2.05. The van der Waals surface area contributed by atoms with Crippen molar-refractivity contribution in [2.24, 2.45) is 0 Å². The summed E-state index contributed by atoms with van der Waals surface area (Å²) in [7, 11) is 0. The van der Waals surface area contributed by atoms with Gasteiger partial charge in [-0.3, -0.25) is 10.6 Å². The molecule has 0 aliphatic rings. The molecule has 0 fully saturated rings. The second kappa shape index (κ2) is 7.16. The van der Waals surface area contributed by atoms with Crippen molar-refractivity contribution in [2.45, 2.75) is 13.8 Å². The van der Waals surface area contributed by atoms with Gasteiger partial charge in [-0.1, -0.05) is 0 Å². The van der Waals surface area contributed by atoms with Gasteiger partial charge in [-0.2, -0.15) is 0 Å². The maximum Gasteiger partial charge on any atom is 0.411 e. The van der Waals surface area contributed by atoms with E-state index in [-0.39, 0.29) is 24.6 Å². The SMILES string of the molecule is [2H]c1c([2H])c(NC(=O)OCC)c([2H])c([2H])c1NC(=O)OCC. The molecule has 98 valence electrons. The number of rotatable bonds is 4.